The number of hydrogen-bond acceptors (Lipinski definition) is 4. The van der Waals surface area contributed by atoms with Gasteiger partial charge in [0.25, 0.3) is 0 Å². The van der Waals surface area contributed by atoms with Crippen LogP contribution in [0.2, 0.25) is 5.15 Å². The van der Waals surface area contributed by atoms with E-state index in [-0.39, 0.29) is 11.0 Å². The lowest BCUT2D eigenvalue weighted by Gasteiger charge is -2.47. The van der Waals surface area contributed by atoms with Gasteiger partial charge in [-0.05, 0) is 47.8 Å². The summed E-state index contributed by atoms with van der Waals surface area (Å²) in [5, 5.41) is 1.25. The maximum Gasteiger partial charge on any atom is 0.188 e. The molecule has 0 N–H and O–H groups in total. The highest BCUT2D eigenvalue weighted by Gasteiger charge is 2.46. The van der Waals surface area contributed by atoms with Crippen molar-refractivity contribution in [2.75, 3.05) is 6.26 Å². The summed E-state index contributed by atoms with van der Waals surface area (Å²) in [6.07, 6.45) is 4.80. The molecule has 1 aromatic carbocycles. The van der Waals surface area contributed by atoms with Crippen molar-refractivity contribution in [3.05, 3.63) is 50.2 Å². The number of thioether (sulfide) groups is 1. The number of hydrogen-bond donors (Lipinski definition) is 0. The van der Waals surface area contributed by atoms with Crippen LogP contribution in [0.25, 0.3) is 0 Å². The third kappa shape index (κ3) is 2.93. The zero-order valence-electron chi connectivity index (χ0n) is 14.5. The van der Waals surface area contributed by atoms with E-state index in [1.54, 1.807) is 0 Å². The minimum Gasteiger partial charge on any atom is -0.365 e. The van der Waals surface area contributed by atoms with Crippen molar-refractivity contribution >= 4 is 39.3 Å². The van der Waals surface area contributed by atoms with Gasteiger partial charge in [-0.15, -0.1) is 0 Å². The maximum atomic E-state index is 6.47. The summed E-state index contributed by atoms with van der Waals surface area (Å²) < 4.78 is 7.56. The van der Waals surface area contributed by atoms with Crippen LogP contribution in [0, 0.1) is 0 Å². The van der Waals surface area contributed by atoms with E-state index in [4.69, 9.17) is 21.3 Å². The normalized spacial score (nSPS) is 24.0. The zero-order chi connectivity index (χ0) is 17.8. The van der Waals surface area contributed by atoms with Crippen molar-refractivity contribution in [3.63, 3.8) is 0 Å². The number of benzene rings is 1. The molecule has 4 rings (SSSR count). The van der Waals surface area contributed by atoms with Gasteiger partial charge in [0.1, 0.15) is 5.15 Å². The molecule has 1 aliphatic carbocycles. The van der Waals surface area contributed by atoms with E-state index in [9.17, 15) is 0 Å². The molecule has 0 saturated heterocycles. The van der Waals surface area contributed by atoms with Crippen molar-refractivity contribution in [3.8, 4) is 0 Å². The van der Waals surface area contributed by atoms with Gasteiger partial charge in [-0.2, -0.15) is 0 Å². The first-order valence-electron chi connectivity index (χ1n) is 8.38. The van der Waals surface area contributed by atoms with Gasteiger partial charge < -0.3 is 4.74 Å². The van der Waals surface area contributed by atoms with Crippen molar-refractivity contribution in [1.82, 2.24) is 9.97 Å². The Hall–Kier alpha value is -0.620. The van der Waals surface area contributed by atoms with Gasteiger partial charge in [0.15, 0.2) is 5.16 Å². The number of rotatable bonds is 1. The molecular weight excluding hydrogens is 420 g/mol. The first-order valence-corrected chi connectivity index (χ1v) is 10.8. The molecule has 0 amide bonds. The lowest BCUT2D eigenvalue weighted by Crippen LogP contribution is -2.43. The summed E-state index contributed by atoms with van der Waals surface area (Å²) >= 11 is 11.5. The molecule has 25 heavy (non-hydrogen) atoms. The summed E-state index contributed by atoms with van der Waals surface area (Å²) in [5.74, 6) is 0. The molecule has 0 fully saturated rings. The topological polar surface area (TPSA) is 35.0 Å². The van der Waals surface area contributed by atoms with Gasteiger partial charge in [0.2, 0.25) is 0 Å². The fraction of sp³-hybridized carbons (Fsp3) is 0.474. The Kier molecular flexibility index (Phi) is 4.42. The minimum absolute atomic E-state index is 0.151. The Morgan fingerprint density at radius 3 is 2.76 bits per heavy atom. The third-order valence-corrected chi connectivity index (χ3v) is 6.86. The molecule has 132 valence electrons. The van der Waals surface area contributed by atoms with Crippen molar-refractivity contribution in [2.45, 2.75) is 55.9 Å². The van der Waals surface area contributed by atoms with E-state index in [1.807, 2.05) is 6.26 Å². The Labute approximate surface area is 166 Å². The van der Waals surface area contributed by atoms with E-state index in [0.29, 0.717) is 11.8 Å². The average molecular weight is 440 g/mol. The molecule has 1 unspecified atom stereocenters. The molecule has 2 aliphatic rings. The number of aromatic nitrogens is 2. The number of fused-ring (bicyclic) bond motifs is 3. The lowest BCUT2D eigenvalue weighted by molar-refractivity contribution is -0.0909. The highest BCUT2D eigenvalue weighted by Crippen LogP contribution is 2.51. The van der Waals surface area contributed by atoms with Crippen LogP contribution in [0.1, 0.15) is 49.1 Å². The minimum atomic E-state index is -0.324. The number of halogens is 2. The second-order valence-corrected chi connectivity index (χ2v) is 9.51. The molecule has 2 aromatic rings. The van der Waals surface area contributed by atoms with Gasteiger partial charge in [0, 0.05) is 16.5 Å². The molecule has 0 saturated carbocycles. The SMILES string of the molecule is CSc1nc(Cl)c2c(n1)CC1(CCC(C)(C)c3ccc(Br)cc31)OC2. The van der Waals surface area contributed by atoms with E-state index in [1.165, 1.54) is 22.9 Å². The fourth-order valence-electron chi connectivity index (χ4n) is 3.99. The summed E-state index contributed by atoms with van der Waals surface area (Å²) in [4.78, 5) is 9.10. The monoisotopic (exact) mass is 438 g/mol. The number of ether oxygens (including phenoxy) is 1. The van der Waals surface area contributed by atoms with Crippen LogP contribution in [-0.4, -0.2) is 16.2 Å². The second kappa shape index (κ2) is 6.22. The summed E-state index contributed by atoms with van der Waals surface area (Å²) in [7, 11) is 0. The van der Waals surface area contributed by atoms with Crippen LogP contribution in [0.15, 0.2) is 27.8 Å². The largest absolute Gasteiger partial charge is 0.365 e. The van der Waals surface area contributed by atoms with Gasteiger partial charge >= 0.3 is 0 Å². The van der Waals surface area contributed by atoms with Gasteiger partial charge in [-0.1, -0.05) is 59.2 Å². The van der Waals surface area contributed by atoms with E-state index >= 15 is 0 Å². The predicted molar refractivity (Wildman–Crippen MR) is 105 cm³/mol. The summed E-state index contributed by atoms with van der Waals surface area (Å²) in [5.41, 5.74) is 4.45. The highest BCUT2D eigenvalue weighted by molar-refractivity contribution is 9.10. The molecule has 1 spiro atoms. The third-order valence-electron chi connectivity index (χ3n) is 5.51. The zero-order valence-corrected chi connectivity index (χ0v) is 17.7. The molecule has 1 atom stereocenters. The molecule has 3 nitrogen and oxygen atoms in total. The van der Waals surface area contributed by atoms with Crippen LogP contribution >= 0.6 is 39.3 Å². The number of nitrogens with zero attached hydrogens (tertiary/aromatic N) is 2. The molecule has 0 bridgehead atoms. The Morgan fingerprint density at radius 2 is 2.00 bits per heavy atom. The highest BCUT2D eigenvalue weighted by atomic mass is 79.9. The van der Waals surface area contributed by atoms with E-state index in [0.717, 1.165) is 40.1 Å². The molecule has 1 aromatic heterocycles. The summed E-state index contributed by atoms with van der Waals surface area (Å²) in [6, 6.07) is 6.58. The Bertz CT molecular complexity index is 858. The molecule has 1 aliphatic heterocycles. The average Bonchev–Trinajstić information content (AvgIpc) is 2.58. The van der Waals surface area contributed by atoms with Gasteiger partial charge in [-0.3, -0.25) is 0 Å². The van der Waals surface area contributed by atoms with Crippen molar-refractivity contribution in [1.29, 1.82) is 0 Å². The fourth-order valence-corrected chi connectivity index (χ4v) is 5.03. The lowest BCUT2D eigenvalue weighted by atomic mass is 9.65. The first kappa shape index (κ1) is 17.8. The standard InChI is InChI=1S/C19H20BrClN2OS/c1-18(2)6-7-19(14-8-11(20)4-5-13(14)18)9-15-12(10-24-19)16(21)23-17(22-15)25-3/h4-5,8H,6-7,9-10H2,1-3H3. The van der Waals surface area contributed by atoms with E-state index < -0.39 is 0 Å². The summed E-state index contributed by atoms with van der Waals surface area (Å²) in [6.45, 7) is 5.09. The van der Waals surface area contributed by atoms with Crippen LogP contribution in [0.5, 0.6) is 0 Å². The van der Waals surface area contributed by atoms with E-state index in [2.05, 4.69) is 53.0 Å². The second-order valence-electron chi connectivity index (χ2n) is 7.46. The Balaban J connectivity index is 1.85. The molecular formula is C19H20BrClN2OS. The van der Waals surface area contributed by atoms with Gasteiger partial charge in [-0.25, -0.2) is 9.97 Å². The first-order chi connectivity index (χ1) is 11.8. The van der Waals surface area contributed by atoms with Crippen LogP contribution in [0.4, 0.5) is 0 Å². The van der Waals surface area contributed by atoms with Crippen molar-refractivity contribution < 1.29 is 4.74 Å². The Morgan fingerprint density at radius 1 is 1.20 bits per heavy atom. The van der Waals surface area contributed by atoms with Crippen LogP contribution in [-0.2, 0) is 28.8 Å². The molecule has 6 heteroatoms. The smallest absolute Gasteiger partial charge is 0.188 e. The van der Waals surface area contributed by atoms with Gasteiger partial charge in [0.05, 0.1) is 17.9 Å². The molecule has 2 heterocycles. The maximum absolute atomic E-state index is 6.47. The predicted octanol–water partition coefficient (Wildman–Crippen LogP) is 5.65. The quantitative estimate of drug-likeness (QED) is 0.326. The molecule has 0 radical (unpaired) electrons. The van der Waals surface area contributed by atoms with Crippen molar-refractivity contribution in [2.24, 2.45) is 0 Å². The van der Waals surface area contributed by atoms with Crippen LogP contribution < -0.4 is 0 Å². The van der Waals surface area contributed by atoms with Crippen LogP contribution in [0.3, 0.4) is 0 Å².